The molecule has 0 saturated heterocycles. The Hall–Kier alpha value is -2.07. The van der Waals surface area contributed by atoms with Crippen molar-refractivity contribution in [3.05, 3.63) is 29.3 Å². The van der Waals surface area contributed by atoms with Gasteiger partial charge in [0, 0.05) is 0 Å². The zero-order chi connectivity index (χ0) is 14.6. The molecule has 0 heterocycles. The molecule has 0 radical (unpaired) electrons. The number of ether oxygens (including phenoxy) is 1. The zero-order valence-electron chi connectivity index (χ0n) is 10.5. The van der Waals surface area contributed by atoms with Crippen LogP contribution in [0.4, 0.5) is 0 Å². The highest BCUT2D eigenvalue weighted by Crippen LogP contribution is 2.21. The highest BCUT2D eigenvalue weighted by Gasteiger charge is 2.27. The van der Waals surface area contributed by atoms with E-state index in [9.17, 15) is 13.2 Å². The van der Waals surface area contributed by atoms with Crippen LogP contribution in [0.1, 0.15) is 18.1 Å². The van der Waals surface area contributed by atoms with Gasteiger partial charge in [0.2, 0.25) is 0 Å². The highest BCUT2D eigenvalue weighted by atomic mass is 32.2. The van der Waals surface area contributed by atoms with Crippen molar-refractivity contribution in [3.8, 4) is 11.8 Å². The Balaban J connectivity index is 3.08. The van der Waals surface area contributed by atoms with Gasteiger partial charge in [-0.05, 0) is 24.6 Å². The Morgan fingerprint density at radius 2 is 2.16 bits per heavy atom. The number of hydrogen-bond donors (Lipinski definition) is 1. The van der Waals surface area contributed by atoms with E-state index in [0.717, 1.165) is 6.92 Å². The molecule has 1 aromatic rings. The maximum absolute atomic E-state index is 11.8. The SMILES string of the molecule is COc1cc(CS(=O)(=O)C(C)C(=O)O)ccc1C#N. The molecule has 0 aliphatic carbocycles. The number of carboxylic acid groups (broad SMARTS) is 1. The van der Waals surface area contributed by atoms with Crippen LogP contribution in [0, 0.1) is 11.3 Å². The van der Waals surface area contributed by atoms with Crippen molar-refractivity contribution in [2.24, 2.45) is 0 Å². The van der Waals surface area contributed by atoms with Crippen molar-refractivity contribution in [2.75, 3.05) is 7.11 Å². The Morgan fingerprint density at radius 1 is 1.53 bits per heavy atom. The molecule has 0 aromatic heterocycles. The number of sulfone groups is 1. The largest absolute Gasteiger partial charge is 0.495 e. The molecule has 7 heteroatoms. The third-order valence-corrected chi connectivity index (χ3v) is 4.66. The Morgan fingerprint density at radius 3 is 2.63 bits per heavy atom. The fourth-order valence-corrected chi connectivity index (χ4v) is 2.63. The van der Waals surface area contributed by atoms with Gasteiger partial charge in [-0.3, -0.25) is 4.79 Å². The van der Waals surface area contributed by atoms with Crippen molar-refractivity contribution < 1.29 is 23.1 Å². The molecule has 102 valence electrons. The molecule has 0 amide bonds. The van der Waals surface area contributed by atoms with Crippen LogP contribution in [0.25, 0.3) is 0 Å². The minimum absolute atomic E-state index is 0.262. The molecule has 1 atom stereocenters. The monoisotopic (exact) mass is 283 g/mol. The molecule has 1 unspecified atom stereocenters. The van der Waals surface area contributed by atoms with E-state index in [1.165, 1.54) is 25.3 Å². The smallest absolute Gasteiger partial charge is 0.321 e. The van der Waals surface area contributed by atoms with Crippen LogP contribution in [0.3, 0.4) is 0 Å². The summed E-state index contributed by atoms with van der Waals surface area (Å²) in [6.07, 6.45) is 0. The first-order valence-electron chi connectivity index (χ1n) is 5.33. The Labute approximate surface area is 111 Å². The van der Waals surface area contributed by atoms with E-state index in [0.29, 0.717) is 5.56 Å². The minimum atomic E-state index is -3.80. The van der Waals surface area contributed by atoms with Crippen LogP contribution in [0.5, 0.6) is 5.75 Å². The number of benzene rings is 1. The van der Waals surface area contributed by atoms with Gasteiger partial charge in [-0.25, -0.2) is 8.42 Å². The Kier molecular flexibility index (Phi) is 4.51. The van der Waals surface area contributed by atoms with Crippen molar-refractivity contribution in [3.63, 3.8) is 0 Å². The quantitative estimate of drug-likeness (QED) is 0.862. The van der Waals surface area contributed by atoms with Gasteiger partial charge in [0.15, 0.2) is 15.1 Å². The van der Waals surface area contributed by atoms with Gasteiger partial charge in [0.05, 0.1) is 18.4 Å². The van der Waals surface area contributed by atoms with E-state index in [-0.39, 0.29) is 11.3 Å². The van der Waals surface area contributed by atoms with Gasteiger partial charge in [-0.1, -0.05) is 6.07 Å². The zero-order valence-corrected chi connectivity index (χ0v) is 11.3. The predicted octanol–water partition coefficient (Wildman–Crippen LogP) is 0.955. The lowest BCUT2D eigenvalue weighted by molar-refractivity contribution is -0.136. The van der Waals surface area contributed by atoms with Crippen molar-refractivity contribution in [1.29, 1.82) is 5.26 Å². The second kappa shape index (κ2) is 5.71. The number of nitriles is 1. The summed E-state index contributed by atoms with van der Waals surface area (Å²) in [6, 6.07) is 6.24. The normalized spacial score (nSPS) is 12.5. The van der Waals surface area contributed by atoms with Crippen molar-refractivity contribution in [1.82, 2.24) is 0 Å². The van der Waals surface area contributed by atoms with Crippen molar-refractivity contribution >= 4 is 15.8 Å². The van der Waals surface area contributed by atoms with E-state index in [4.69, 9.17) is 15.1 Å². The lowest BCUT2D eigenvalue weighted by atomic mass is 10.1. The number of carboxylic acids is 1. The summed E-state index contributed by atoms with van der Waals surface area (Å²) in [7, 11) is -2.43. The molecule has 19 heavy (non-hydrogen) atoms. The average molecular weight is 283 g/mol. The van der Waals surface area contributed by atoms with Gasteiger partial charge < -0.3 is 9.84 Å². The summed E-state index contributed by atoms with van der Waals surface area (Å²) in [5.74, 6) is -1.54. The van der Waals surface area contributed by atoms with E-state index in [2.05, 4.69) is 0 Å². The second-order valence-corrected chi connectivity index (χ2v) is 6.26. The number of aliphatic carboxylic acids is 1. The van der Waals surface area contributed by atoms with Crippen LogP contribution >= 0.6 is 0 Å². The maximum Gasteiger partial charge on any atom is 0.321 e. The standard InChI is InChI=1S/C12H13NO5S/c1-8(12(14)15)19(16,17)7-9-3-4-10(6-13)11(5-9)18-2/h3-5,8H,7H2,1-2H3,(H,14,15). The van der Waals surface area contributed by atoms with Crippen LogP contribution in [0.2, 0.25) is 0 Å². The molecule has 0 bridgehead atoms. The summed E-state index contributed by atoms with van der Waals surface area (Å²) in [6.45, 7) is 1.12. The topological polar surface area (TPSA) is 104 Å². The van der Waals surface area contributed by atoms with Gasteiger partial charge in [-0.15, -0.1) is 0 Å². The number of hydrogen-bond acceptors (Lipinski definition) is 5. The minimum Gasteiger partial charge on any atom is -0.495 e. The van der Waals surface area contributed by atoms with Gasteiger partial charge in [0.1, 0.15) is 11.8 Å². The first-order chi connectivity index (χ1) is 8.81. The van der Waals surface area contributed by atoms with Crippen LogP contribution < -0.4 is 4.74 Å². The number of nitrogens with zero attached hydrogens (tertiary/aromatic N) is 1. The first-order valence-corrected chi connectivity index (χ1v) is 7.04. The highest BCUT2D eigenvalue weighted by molar-refractivity contribution is 7.91. The summed E-state index contributed by atoms with van der Waals surface area (Å²) in [5, 5.41) is 16.1. The third-order valence-electron chi connectivity index (χ3n) is 2.64. The lowest BCUT2D eigenvalue weighted by Crippen LogP contribution is -2.28. The summed E-state index contributed by atoms with van der Waals surface area (Å²) >= 11 is 0. The lowest BCUT2D eigenvalue weighted by Gasteiger charge is -2.10. The van der Waals surface area contributed by atoms with E-state index in [1.54, 1.807) is 0 Å². The van der Waals surface area contributed by atoms with E-state index in [1.807, 2.05) is 6.07 Å². The van der Waals surface area contributed by atoms with Crippen LogP contribution in [0.15, 0.2) is 18.2 Å². The predicted molar refractivity (Wildman–Crippen MR) is 67.4 cm³/mol. The summed E-state index contributed by atoms with van der Waals surface area (Å²) in [5.41, 5.74) is 0.666. The average Bonchev–Trinajstić information content (AvgIpc) is 2.36. The molecule has 0 aliphatic heterocycles. The molecule has 0 spiro atoms. The van der Waals surface area contributed by atoms with E-state index < -0.39 is 26.8 Å². The molecule has 1 N–H and O–H groups in total. The van der Waals surface area contributed by atoms with Gasteiger partial charge >= 0.3 is 5.97 Å². The van der Waals surface area contributed by atoms with Crippen molar-refractivity contribution in [2.45, 2.75) is 17.9 Å². The summed E-state index contributed by atoms with van der Waals surface area (Å²) in [4.78, 5) is 10.7. The molecule has 0 saturated carbocycles. The molecule has 1 aromatic carbocycles. The van der Waals surface area contributed by atoms with E-state index >= 15 is 0 Å². The Bertz CT molecular complexity index is 630. The molecule has 1 rings (SSSR count). The first kappa shape index (κ1) is 15.0. The van der Waals surface area contributed by atoms with Gasteiger partial charge in [-0.2, -0.15) is 5.26 Å². The summed E-state index contributed by atoms with van der Waals surface area (Å²) < 4.78 is 28.6. The molecular weight excluding hydrogens is 270 g/mol. The molecule has 0 fully saturated rings. The van der Waals surface area contributed by atoms with Crippen LogP contribution in [-0.2, 0) is 20.4 Å². The molecule has 0 aliphatic rings. The number of rotatable bonds is 5. The fraction of sp³-hybridized carbons (Fsp3) is 0.333. The molecule has 6 nitrogen and oxygen atoms in total. The maximum atomic E-state index is 11.8. The number of carbonyl (C=O) groups is 1. The fourth-order valence-electron chi connectivity index (χ4n) is 1.43. The molecular formula is C12H13NO5S. The van der Waals surface area contributed by atoms with Gasteiger partial charge in [0.25, 0.3) is 0 Å². The number of methoxy groups -OCH3 is 1. The second-order valence-electron chi connectivity index (χ2n) is 3.93. The third kappa shape index (κ3) is 3.45. The van der Waals surface area contributed by atoms with Crippen LogP contribution in [-0.4, -0.2) is 31.9 Å².